The quantitative estimate of drug-likeness (QED) is 0.644. The Morgan fingerprint density at radius 1 is 0.933 bits per heavy atom. The maximum atomic E-state index is 10.7. The number of phenolic OH excluding ortho intramolecular Hbond substituents is 1. The van der Waals surface area contributed by atoms with Crippen LogP contribution in [0.25, 0.3) is 0 Å². The standard InChI is InChI=1S/C26H25NO3/c28-17-27-15-23(16-27)30-22-10-6-19(7-11-22)26-24(18-4-2-1-3-5-18)12-8-20-14-21(29)9-13-25(20)26/h1-7,9-11,13-14,17,23-24,26,29H,8,12,15-16H2. The Balaban J connectivity index is 1.45. The molecule has 2 aliphatic rings. The topological polar surface area (TPSA) is 49.8 Å². The fraction of sp³-hybridized carbons (Fsp3) is 0.269. The van der Waals surface area contributed by atoms with Gasteiger partial charge in [0.1, 0.15) is 17.6 Å². The molecule has 152 valence electrons. The van der Waals surface area contributed by atoms with E-state index < -0.39 is 0 Å². The third-order valence-electron chi connectivity index (χ3n) is 6.38. The Kier molecular flexibility index (Phi) is 4.91. The van der Waals surface area contributed by atoms with E-state index in [0.29, 0.717) is 24.8 Å². The molecule has 0 aromatic heterocycles. The number of carbonyl (C=O) groups excluding carboxylic acids is 1. The minimum absolute atomic E-state index is 0.0801. The summed E-state index contributed by atoms with van der Waals surface area (Å²) in [6, 6.07) is 24.9. The second kappa shape index (κ2) is 7.86. The first-order valence-electron chi connectivity index (χ1n) is 10.5. The molecule has 2 atom stereocenters. The number of fused-ring (bicyclic) bond motifs is 1. The van der Waals surface area contributed by atoms with Crippen LogP contribution in [-0.2, 0) is 11.2 Å². The molecule has 3 aromatic rings. The average Bonchev–Trinajstić information content (AvgIpc) is 2.76. The highest BCUT2D eigenvalue weighted by Gasteiger charge is 2.32. The van der Waals surface area contributed by atoms with Crippen molar-refractivity contribution in [1.29, 1.82) is 0 Å². The van der Waals surface area contributed by atoms with Crippen LogP contribution in [0.1, 0.15) is 40.5 Å². The summed E-state index contributed by atoms with van der Waals surface area (Å²) < 4.78 is 5.99. The van der Waals surface area contributed by atoms with Gasteiger partial charge in [0.2, 0.25) is 6.41 Å². The Morgan fingerprint density at radius 2 is 1.70 bits per heavy atom. The lowest BCUT2D eigenvalue weighted by Gasteiger charge is -2.36. The molecule has 1 saturated heterocycles. The molecule has 1 aliphatic carbocycles. The minimum Gasteiger partial charge on any atom is -0.508 e. The van der Waals surface area contributed by atoms with Crippen LogP contribution >= 0.6 is 0 Å². The molecule has 0 bridgehead atoms. The molecule has 0 saturated carbocycles. The Hall–Kier alpha value is -3.27. The zero-order valence-electron chi connectivity index (χ0n) is 16.8. The molecule has 0 radical (unpaired) electrons. The summed E-state index contributed by atoms with van der Waals surface area (Å²) >= 11 is 0. The number of rotatable bonds is 5. The van der Waals surface area contributed by atoms with Gasteiger partial charge in [0.05, 0.1) is 13.1 Å². The van der Waals surface area contributed by atoms with Crippen LogP contribution in [0.15, 0.2) is 72.8 Å². The van der Waals surface area contributed by atoms with Gasteiger partial charge in [-0.3, -0.25) is 4.79 Å². The first-order valence-corrected chi connectivity index (χ1v) is 10.5. The van der Waals surface area contributed by atoms with Crippen LogP contribution < -0.4 is 4.74 Å². The molecular weight excluding hydrogens is 374 g/mol. The van der Waals surface area contributed by atoms with Gasteiger partial charge in [0.25, 0.3) is 0 Å². The Morgan fingerprint density at radius 3 is 2.43 bits per heavy atom. The Bertz CT molecular complexity index is 1030. The van der Waals surface area contributed by atoms with E-state index in [1.807, 2.05) is 18.2 Å². The van der Waals surface area contributed by atoms with Gasteiger partial charge in [0.15, 0.2) is 0 Å². The SMILES string of the molecule is O=CN1CC(Oc2ccc(C3c4ccc(O)cc4CCC3c3ccccc3)cc2)C1. The molecule has 5 rings (SSSR count). The van der Waals surface area contributed by atoms with Gasteiger partial charge >= 0.3 is 0 Å². The van der Waals surface area contributed by atoms with Gasteiger partial charge in [-0.05, 0) is 65.3 Å². The molecule has 0 spiro atoms. The molecule has 4 heteroatoms. The number of nitrogens with zero attached hydrogens (tertiary/aromatic N) is 1. The predicted molar refractivity (Wildman–Crippen MR) is 116 cm³/mol. The fourth-order valence-electron chi connectivity index (χ4n) is 4.85. The molecule has 1 aliphatic heterocycles. The summed E-state index contributed by atoms with van der Waals surface area (Å²) in [6.45, 7) is 1.31. The fourth-order valence-corrected chi connectivity index (χ4v) is 4.85. The zero-order chi connectivity index (χ0) is 20.5. The number of benzene rings is 3. The highest BCUT2D eigenvalue weighted by atomic mass is 16.5. The average molecular weight is 399 g/mol. The molecule has 30 heavy (non-hydrogen) atoms. The van der Waals surface area contributed by atoms with Crippen LogP contribution in [0.2, 0.25) is 0 Å². The highest BCUT2D eigenvalue weighted by molar-refractivity contribution is 5.49. The van der Waals surface area contributed by atoms with Crippen molar-refractivity contribution in [3.8, 4) is 11.5 Å². The van der Waals surface area contributed by atoms with Crippen LogP contribution in [0, 0.1) is 0 Å². The van der Waals surface area contributed by atoms with E-state index in [2.05, 4.69) is 48.5 Å². The molecule has 1 N–H and O–H groups in total. The first-order chi connectivity index (χ1) is 14.7. The number of likely N-dealkylation sites (tertiary alicyclic amines) is 1. The molecule has 1 heterocycles. The maximum absolute atomic E-state index is 10.7. The monoisotopic (exact) mass is 399 g/mol. The lowest BCUT2D eigenvalue weighted by molar-refractivity contribution is -0.126. The number of phenols is 1. The van der Waals surface area contributed by atoms with Gasteiger partial charge < -0.3 is 14.7 Å². The van der Waals surface area contributed by atoms with E-state index in [-0.39, 0.29) is 12.0 Å². The molecule has 1 amide bonds. The van der Waals surface area contributed by atoms with Crippen molar-refractivity contribution in [2.24, 2.45) is 0 Å². The molecule has 4 nitrogen and oxygen atoms in total. The highest BCUT2D eigenvalue weighted by Crippen LogP contribution is 2.47. The van der Waals surface area contributed by atoms with E-state index in [1.165, 1.54) is 22.3 Å². The third kappa shape index (κ3) is 3.54. The predicted octanol–water partition coefficient (Wildman–Crippen LogP) is 4.47. The normalized spacial score (nSPS) is 20.9. The third-order valence-corrected chi connectivity index (χ3v) is 6.38. The zero-order valence-corrected chi connectivity index (χ0v) is 16.8. The number of ether oxygens (including phenoxy) is 1. The summed E-state index contributed by atoms with van der Waals surface area (Å²) in [6.07, 6.45) is 2.96. The van der Waals surface area contributed by atoms with Gasteiger partial charge in [-0.25, -0.2) is 0 Å². The summed E-state index contributed by atoms with van der Waals surface area (Å²) in [7, 11) is 0. The first kappa shape index (κ1) is 18.7. The van der Waals surface area contributed by atoms with Crippen LogP contribution in [-0.4, -0.2) is 35.6 Å². The summed E-state index contributed by atoms with van der Waals surface area (Å²) in [5, 5.41) is 9.97. The van der Waals surface area contributed by atoms with Crippen LogP contribution in [0.4, 0.5) is 0 Å². The van der Waals surface area contributed by atoms with Gasteiger partial charge in [-0.2, -0.15) is 0 Å². The summed E-state index contributed by atoms with van der Waals surface area (Å²) in [5.74, 6) is 1.80. The van der Waals surface area contributed by atoms with Crippen molar-refractivity contribution in [1.82, 2.24) is 4.90 Å². The van der Waals surface area contributed by atoms with E-state index in [9.17, 15) is 9.90 Å². The maximum Gasteiger partial charge on any atom is 0.209 e. The van der Waals surface area contributed by atoms with Crippen molar-refractivity contribution in [2.75, 3.05) is 13.1 Å². The van der Waals surface area contributed by atoms with E-state index >= 15 is 0 Å². The summed E-state index contributed by atoms with van der Waals surface area (Å²) in [5.41, 5.74) is 5.13. The second-order valence-electron chi connectivity index (χ2n) is 8.28. The summed E-state index contributed by atoms with van der Waals surface area (Å²) in [4.78, 5) is 12.4. The van der Waals surface area contributed by atoms with Gasteiger partial charge in [0, 0.05) is 5.92 Å². The van der Waals surface area contributed by atoms with E-state index in [0.717, 1.165) is 25.0 Å². The van der Waals surface area contributed by atoms with Crippen molar-refractivity contribution < 1.29 is 14.6 Å². The number of hydrogen-bond donors (Lipinski definition) is 1. The number of aromatic hydroxyl groups is 1. The van der Waals surface area contributed by atoms with Crippen molar-refractivity contribution in [3.63, 3.8) is 0 Å². The largest absolute Gasteiger partial charge is 0.508 e. The number of aryl methyl sites for hydroxylation is 1. The van der Waals surface area contributed by atoms with E-state index in [4.69, 9.17) is 4.74 Å². The van der Waals surface area contributed by atoms with Gasteiger partial charge in [-0.15, -0.1) is 0 Å². The van der Waals surface area contributed by atoms with Crippen molar-refractivity contribution in [3.05, 3.63) is 95.1 Å². The smallest absolute Gasteiger partial charge is 0.209 e. The number of hydrogen-bond acceptors (Lipinski definition) is 3. The van der Waals surface area contributed by atoms with Gasteiger partial charge in [-0.1, -0.05) is 48.5 Å². The molecular formula is C26H25NO3. The van der Waals surface area contributed by atoms with Crippen molar-refractivity contribution >= 4 is 6.41 Å². The lowest BCUT2D eigenvalue weighted by atomic mass is 9.69. The van der Waals surface area contributed by atoms with Crippen LogP contribution in [0.5, 0.6) is 11.5 Å². The number of carbonyl (C=O) groups is 1. The van der Waals surface area contributed by atoms with E-state index in [1.54, 1.807) is 11.0 Å². The van der Waals surface area contributed by atoms with Crippen LogP contribution in [0.3, 0.4) is 0 Å². The number of amides is 1. The minimum atomic E-state index is 0.0801. The Labute approximate surface area is 176 Å². The second-order valence-corrected chi connectivity index (χ2v) is 8.28. The molecule has 2 unspecified atom stereocenters. The molecule has 1 fully saturated rings. The van der Waals surface area contributed by atoms with Crippen molar-refractivity contribution in [2.45, 2.75) is 30.8 Å². The molecule has 3 aromatic carbocycles. The lowest BCUT2D eigenvalue weighted by Crippen LogP contribution is -2.52.